The summed E-state index contributed by atoms with van der Waals surface area (Å²) >= 11 is 6.04. The van der Waals surface area contributed by atoms with Crippen molar-refractivity contribution in [1.82, 2.24) is 9.97 Å². The minimum atomic E-state index is 0.753. The Bertz CT molecular complexity index is 628. The van der Waals surface area contributed by atoms with Gasteiger partial charge < -0.3 is 10.2 Å². The Morgan fingerprint density at radius 1 is 1.24 bits per heavy atom. The van der Waals surface area contributed by atoms with Gasteiger partial charge in [-0.2, -0.15) is 0 Å². The van der Waals surface area contributed by atoms with Crippen LogP contribution < -0.4 is 10.2 Å². The summed E-state index contributed by atoms with van der Waals surface area (Å²) in [6, 6.07) is 7.89. The molecule has 5 heteroatoms. The molecule has 21 heavy (non-hydrogen) atoms. The van der Waals surface area contributed by atoms with Crippen molar-refractivity contribution in [3.8, 4) is 0 Å². The van der Waals surface area contributed by atoms with Gasteiger partial charge in [0.15, 0.2) is 0 Å². The zero-order chi connectivity index (χ0) is 15.4. The molecular weight excluding hydrogens is 284 g/mol. The van der Waals surface area contributed by atoms with Crippen molar-refractivity contribution in [3.63, 3.8) is 0 Å². The molecule has 0 aliphatic rings. The van der Waals surface area contributed by atoms with E-state index >= 15 is 0 Å². The van der Waals surface area contributed by atoms with Crippen molar-refractivity contribution in [1.29, 1.82) is 0 Å². The fourth-order valence-corrected chi connectivity index (χ4v) is 2.52. The van der Waals surface area contributed by atoms with Crippen LogP contribution in [0.1, 0.15) is 23.9 Å². The van der Waals surface area contributed by atoms with Gasteiger partial charge in [-0.15, -0.1) is 0 Å². The Morgan fingerprint density at radius 3 is 2.67 bits per heavy atom. The van der Waals surface area contributed by atoms with Crippen LogP contribution in [0.25, 0.3) is 0 Å². The minimum Gasteiger partial charge on any atom is -0.370 e. The van der Waals surface area contributed by atoms with Gasteiger partial charge in [0.2, 0.25) is 0 Å². The van der Waals surface area contributed by atoms with Crippen LogP contribution in [0, 0.1) is 13.8 Å². The first-order valence-electron chi connectivity index (χ1n) is 7.06. The molecule has 0 radical (unpaired) electrons. The summed E-state index contributed by atoms with van der Waals surface area (Å²) < 4.78 is 0. The molecule has 0 amide bonds. The van der Waals surface area contributed by atoms with E-state index in [4.69, 9.17) is 11.6 Å². The monoisotopic (exact) mass is 304 g/mol. The Morgan fingerprint density at radius 2 is 2.00 bits per heavy atom. The molecule has 1 aromatic carbocycles. The van der Waals surface area contributed by atoms with Crippen LogP contribution in [0.15, 0.2) is 24.3 Å². The number of halogens is 1. The summed E-state index contributed by atoms with van der Waals surface area (Å²) in [6.07, 6.45) is 0. The number of aryl methyl sites for hydroxylation is 1. The molecule has 112 valence electrons. The van der Waals surface area contributed by atoms with Crippen LogP contribution in [0.2, 0.25) is 5.02 Å². The van der Waals surface area contributed by atoms with Crippen LogP contribution >= 0.6 is 11.6 Å². The second-order valence-corrected chi connectivity index (χ2v) is 5.52. The Hall–Kier alpha value is -1.81. The lowest BCUT2D eigenvalue weighted by Gasteiger charge is -2.22. The van der Waals surface area contributed by atoms with Gasteiger partial charge in [0.1, 0.15) is 17.5 Å². The number of anilines is 2. The predicted molar refractivity (Wildman–Crippen MR) is 89.2 cm³/mol. The summed E-state index contributed by atoms with van der Waals surface area (Å²) in [5.41, 5.74) is 2.22. The second kappa shape index (κ2) is 6.76. The SMILES string of the molecule is CCNc1nc(C)nc(N(C)Cc2cccc(Cl)c2)c1C. The normalized spacial score (nSPS) is 10.5. The molecule has 0 spiro atoms. The first kappa shape index (κ1) is 15.6. The van der Waals surface area contributed by atoms with Crippen LogP contribution in [0.5, 0.6) is 0 Å². The van der Waals surface area contributed by atoms with E-state index in [1.807, 2.05) is 39.1 Å². The van der Waals surface area contributed by atoms with Gasteiger partial charge in [-0.1, -0.05) is 23.7 Å². The molecule has 0 bridgehead atoms. The third-order valence-electron chi connectivity index (χ3n) is 3.25. The molecule has 0 saturated carbocycles. The maximum absolute atomic E-state index is 6.04. The molecule has 0 aliphatic carbocycles. The highest BCUT2D eigenvalue weighted by Crippen LogP contribution is 2.24. The quantitative estimate of drug-likeness (QED) is 0.912. The lowest BCUT2D eigenvalue weighted by molar-refractivity contribution is 0.869. The number of benzene rings is 1. The van der Waals surface area contributed by atoms with Crippen molar-refractivity contribution < 1.29 is 0 Å². The average molecular weight is 305 g/mol. The molecule has 0 saturated heterocycles. The van der Waals surface area contributed by atoms with Crippen molar-refractivity contribution in [2.24, 2.45) is 0 Å². The first-order chi connectivity index (χ1) is 10.0. The summed E-state index contributed by atoms with van der Waals surface area (Å²) in [5, 5.41) is 4.04. The molecule has 1 heterocycles. The standard InChI is InChI=1S/C16H21ClN4/c1-5-18-15-11(2)16(20-12(3)19-15)21(4)10-13-7-6-8-14(17)9-13/h6-9H,5,10H2,1-4H3,(H,18,19,20). The number of hydrogen-bond donors (Lipinski definition) is 1. The molecule has 1 N–H and O–H groups in total. The highest BCUT2D eigenvalue weighted by atomic mass is 35.5. The van der Waals surface area contributed by atoms with E-state index in [1.165, 1.54) is 0 Å². The molecule has 0 atom stereocenters. The third kappa shape index (κ3) is 3.85. The van der Waals surface area contributed by atoms with Gasteiger partial charge in [0.25, 0.3) is 0 Å². The van der Waals surface area contributed by atoms with Gasteiger partial charge in [-0.05, 0) is 38.5 Å². The predicted octanol–water partition coefficient (Wildman–Crippen LogP) is 3.82. The summed E-state index contributed by atoms with van der Waals surface area (Å²) in [7, 11) is 2.03. The lowest BCUT2D eigenvalue weighted by Crippen LogP contribution is -2.20. The van der Waals surface area contributed by atoms with Gasteiger partial charge >= 0.3 is 0 Å². The van der Waals surface area contributed by atoms with Crippen molar-refractivity contribution in [3.05, 3.63) is 46.2 Å². The molecule has 2 rings (SSSR count). The number of rotatable bonds is 5. The van der Waals surface area contributed by atoms with E-state index < -0.39 is 0 Å². The molecule has 2 aromatic rings. The lowest BCUT2D eigenvalue weighted by atomic mass is 10.2. The summed E-state index contributed by atoms with van der Waals surface area (Å²) in [5.74, 6) is 2.61. The first-order valence-corrected chi connectivity index (χ1v) is 7.43. The summed E-state index contributed by atoms with van der Waals surface area (Å²) in [6.45, 7) is 7.61. The van der Waals surface area contributed by atoms with Crippen molar-refractivity contribution in [2.45, 2.75) is 27.3 Å². The Balaban J connectivity index is 2.28. The maximum Gasteiger partial charge on any atom is 0.137 e. The number of nitrogens with zero attached hydrogens (tertiary/aromatic N) is 3. The Labute approximate surface area is 131 Å². The van der Waals surface area contributed by atoms with E-state index in [-0.39, 0.29) is 0 Å². The van der Waals surface area contributed by atoms with E-state index in [9.17, 15) is 0 Å². The molecule has 1 aromatic heterocycles. The van der Waals surface area contributed by atoms with Crippen LogP contribution in [0.4, 0.5) is 11.6 Å². The van der Waals surface area contributed by atoms with E-state index in [1.54, 1.807) is 0 Å². The van der Waals surface area contributed by atoms with Gasteiger partial charge in [0.05, 0.1) is 0 Å². The number of nitrogens with one attached hydrogen (secondary N) is 1. The fraction of sp³-hybridized carbons (Fsp3) is 0.375. The molecule has 4 nitrogen and oxygen atoms in total. The zero-order valence-corrected chi connectivity index (χ0v) is 13.7. The highest BCUT2D eigenvalue weighted by Gasteiger charge is 2.13. The number of aromatic nitrogens is 2. The van der Waals surface area contributed by atoms with Crippen LogP contribution in [0.3, 0.4) is 0 Å². The van der Waals surface area contributed by atoms with Crippen LogP contribution in [-0.4, -0.2) is 23.6 Å². The topological polar surface area (TPSA) is 41.1 Å². The van der Waals surface area contributed by atoms with E-state index in [0.717, 1.165) is 46.7 Å². The van der Waals surface area contributed by atoms with E-state index in [2.05, 4.69) is 33.2 Å². The second-order valence-electron chi connectivity index (χ2n) is 5.08. The van der Waals surface area contributed by atoms with Crippen molar-refractivity contribution in [2.75, 3.05) is 23.8 Å². The van der Waals surface area contributed by atoms with Crippen molar-refractivity contribution >= 4 is 23.2 Å². The van der Waals surface area contributed by atoms with Crippen LogP contribution in [-0.2, 0) is 6.54 Å². The average Bonchev–Trinajstić information content (AvgIpc) is 2.42. The molecule has 0 fully saturated rings. The van der Waals surface area contributed by atoms with Gasteiger partial charge in [0, 0.05) is 30.7 Å². The van der Waals surface area contributed by atoms with Gasteiger partial charge in [-0.25, -0.2) is 9.97 Å². The van der Waals surface area contributed by atoms with E-state index in [0.29, 0.717) is 0 Å². The zero-order valence-electron chi connectivity index (χ0n) is 12.9. The molecule has 0 aliphatic heterocycles. The highest BCUT2D eigenvalue weighted by molar-refractivity contribution is 6.30. The minimum absolute atomic E-state index is 0.753. The summed E-state index contributed by atoms with van der Waals surface area (Å²) in [4.78, 5) is 11.2. The third-order valence-corrected chi connectivity index (χ3v) is 3.48. The molecular formula is C16H21ClN4. The number of hydrogen-bond acceptors (Lipinski definition) is 4. The smallest absolute Gasteiger partial charge is 0.137 e. The maximum atomic E-state index is 6.04. The fourth-order valence-electron chi connectivity index (χ4n) is 2.31. The van der Waals surface area contributed by atoms with Gasteiger partial charge in [-0.3, -0.25) is 0 Å². The molecule has 0 unspecified atom stereocenters. The Kier molecular flexibility index (Phi) is 5.02. The largest absolute Gasteiger partial charge is 0.370 e.